The first kappa shape index (κ1) is 14.7. The van der Waals surface area contributed by atoms with E-state index in [9.17, 15) is 4.79 Å². The van der Waals surface area contributed by atoms with Crippen molar-refractivity contribution < 1.29 is 9.53 Å². The Bertz CT molecular complexity index is 371. The summed E-state index contributed by atoms with van der Waals surface area (Å²) in [5.74, 6) is 0.0169. The molecule has 18 heavy (non-hydrogen) atoms. The Morgan fingerprint density at radius 2 is 1.78 bits per heavy atom. The Kier molecular flexibility index (Phi) is 5.86. The predicted octanol–water partition coefficient (Wildman–Crippen LogP) is 2.63. The topological polar surface area (TPSA) is 29.5 Å². The third-order valence-corrected chi connectivity index (χ3v) is 2.82. The van der Waals surface area contributed by atoms with Crippen LogP contribution in [0.3, 0.4) is 0 Å². The summed E-state index contributed by atoms with van der Waals surface area (Å²) in [6, 6.07) is 8.37. The van der Waals surface area contributed by atoms with Crippen molar-refractivity contribution in [2.45, 2.75) is 39.8 Å². The van der Waals surface area contributed by atoms with Gasteiger partial charge in [-0.2, -0.15) is 0 Å². The first-order chi connectivity index (χ1) is 8.52. The number of hydrogen-bond acceptors (Lipinski definition) is 2. The first-order valence-corrected chi connectivity index (χ1v) is 6.46. The second-order valence-electron chi connectivity index (χ2n) is 4.78. The van der Waals surface area contributed by atoms with Gasteiger partial charge in [-0.1, -0.05) is 31.2 Å². The summed E-state index contributed by atoms with van der Waals surface area (Å²) in [5, 5.41) is 0. The van der Waals surface area contributed by atoms with Gasteiger partial charge in [0.1, 0.15) is 6.61 Å². The number of benzene rings is 1. The molecule has 0 radical (unpaired) electrons. The molecule has 0 aliphatic heterocycles. The lowest BCUT2D eigenvalue weighted by Gasteiger charge is -2.18. The Labute approximate surface area is 110 Å². The first-order valence-electron chi connectivity index (χ1n) is 6.46. The van der Waals surface area contributed by atoms with E-state index in [0.29, 0.717) is 6.54 Å². The highest BCUT2D eigenvalue weighted by Crippen LogP contribution is 2.07. The van der Waals surface area contributed by atoms with Crippen LogP contribution < -0.4 is 0 Å². The fraction of sp³-hybridized carbons (Fsp3) is 0.533. The van der Waals surface area contributed by atoms with Crippen molar-refractivity contribution in [3.63, 3.8) is 0 Å². The van der Waals surface area contributed by atoms with Gasteiger partial charge in [-0.3, -0.25) is 4.79 Å². The lowest BCUT2D eigenvalue weighted by molar-refractivity contribution is -0.136. The molecule has 1 amide bonds. The molecular weight excluding hydrogens is 226 g/mol. The van der Waals surface area contributed by atoms with Gasteiger partial charge >= 0.3 is 0 Å². The zero-order chi connectivity index (χ0) is 13.5. The smallest absolute Gasteiger partial charge is 0.248 e. The molecule has 0 saturated heterocycles. The molecule has 0 aliphatic rings. The predicted molar refractivity (Wildman–Crippen MR) is 73.4 cm³/mol. The quantitative estimate of drug-likeness (QED) is 0.775. The van der Waals surface area contributed by atoms with Crippen LogP contribution in [0, 0.1) is 0 Å². The van der Waals surface area contributed by atoms with Gasteiger partial charge in [0.2, 0.25) is 5.91 Å². The highest BCUT2D eigenvalue weighted by Gasteiger charge is 2.10. The lowest BCUT2D eigenvalue weighted by atomic mass is 10.1. The van der Waals surface area contributed by atoms with Crippen LogP contribution in [0.2, 0.25) is 0 Å². The van der Waals surface area contributed by atoms with E-state index >= 15 is 0 Å². The zero-order valence-corrected chi connectivity index (χ0v) is 11.8. The molecule has 0 heterocycles. The van der Waals surface area contributed by atoms with Crippen molar-refractivity contribution in [2.75, 3.05) is 13.7 Å². The fourth-order valence-corrected chi connectivity index (χ4v) is 1.59. The second kappa shape index (κ2) is 7.17. The molecule has 100 valence electrons. The van der Waals surface area contributed by atoms with Crippen LogP contribution in [0.15, 0.2) is 24.3 Å². The van der Waals surface area contributed by atoms with Crippen LogP contribution in [-0.2, 0) is 22.5 Å². The van der Waals surface area contributed by atoms with Crippen LogP contribution in [0.1, 0.15) is 31.9 Å². The van der Waals surface area contributed by atoms with Gasteiger partial charge < -0.3 is 9.64 Å². The number of amides is 1. The van der Waals surface area contributed by atoms with Crippen molar-refractivity contribution in [1.29, 1.82) is 0 Å². The Hall–Kier alpha value is -1.35. The minimum absolute atomic E-state index is 0.0169. The van der Waals surface area contributed by atoms with Crippen molar-refractivity contribution in [3.8, 4) is 0 Å². The molecule has 0 N–H and O–H groups in total. The molecule has 0 saturated carbocycles. The third kappa shape index (κ3) is 4.88. The Balaban J connectivity index is 2.47. The van der Waals surface area contributed by atoms with E-state index in [1.54, 1.807) is 11.9 Å². The molecule has 1 aromatic rings. The molecule has 0 unspecified atom stereocenters. The molecule has 0 atom stereocenters. The standard InChI is InChI=1S/C15H23NO2/c1-5-13-6-8-14(9-7-13)10-16(4)15(17)11-18-12(2)3/h6-9,12H,5,10-11H2,1-4H3. The monoisotopic (exact) mass is 249 g/mol. The average molecular weight is 249 g/mol. The van der Waals surface area contributed by atoms with Gasteiger partial charge in [0, 0.05) is 13.6 Å². The summed E-state index contributed by atoms with van der Waals surface area (Å²) in [4.78, 5) is 13.5. The van der Waals surface area contributed by atoms with Gasteiger partial charge in [-0.15, -0.1) is 0 Å². The summed E-state index contributed by atoms with van der Waals surface area (Å²) in [7, 11) is 1.81. The zero-order valence-electron chi connectivity index (χ0n) is 11.8. The van der Waals surface area contributed by atoms with Gasteiger partial charge in [-0.25, -0.2) is 0 Å². The van der Waals surface area contributed by atoms with Crippen LogP contribution in [0.4, 0.5) is 0 Å². The molecule has 0 bridgehead atoms. The molecule has 1 rings (SSSR count). The van der Waals surface area contributed by atoms with Crippen LogP contribution in [0.5, 0.6) is 0 Å². The minimum atomic E-state index is 0.0169. The summed E-state index contributed by atoms with van der Waals surface area (Å²) < 4.78 is 5.31. The number of ether oxygens (including phenoxy) is 1. The summed E-state index contributed by atoms with van der Waals surface area (Å²) in [6.45, 7) is 6.77. The maximum atomic E-state index is 11.8. The van der Waals surface area contributed by atoms with Gasteiger partial charge in [-0.05, 0) is 31.4 Å². The summed E-state index contributed by atoms with van der Waals surface area (Å²) in [6.07, 6.45) is 1.13. The van der Waals surface area contributed by atoms with E-state index in [0.717, 1.165) is 12.0 Å². The third-order valence-electron chi connectivity index (χ3n) is 2.82. The van der Waals surface area contributed by atoms with E-state index in [-0.39, 0.29) is 18.6 Å². The largest absolute Gasteiger partial charge is 0.369 e. The normalized spacial score (nSPS) is 10.7. The van der Waals surface area contributed by atoms with Gasteiger partial charge in [0.15, 0.2) is 0 Å². The van der Waals surface area contributed by atoms with Crippen molar-refractivity contribution in [1.82, 2.24) is 4.90 Å². The van der Waals surface area contributed by atoms with Gasteiger partial charge in [0.05, 0.1) is 6.10 Å². The molecule has 0 fully saturated rings. The Morgan fingerprint density at radius 1 is 1.22 bits per heavy atom. The number of carbonyl (C=O) groups is 1. The van der Waals surface area contributed by atoms with E-state index in [4.69, 9.17) is 4.74 Å². The molecule has 1 aromatic carbocycles. The molecule has 3 heteroatoms. The molecular formula is C15H23NO2. The number of carbonyl (C=O) groups excluding carboxylic acids is 1. The number of rotatable bonds is 6. The highest BCUT2D eigenvalue weighted by atomic mass is 16.5. The maximum Gasteiger partial charge on any atom is 0.248 e. The number of nitrogens with zero attached hydrogens (tertiary/aromatic N) is 1. The minimum Gasteiger partial charge on any atom is -0.369 e. The molecule has 0 aromatic heterocycles. The van der Waals surface area contributed by atoms with Crippen molar-refractivity contribution >= 4 is 5.91 Å². The van der Waals surface area contributed by atoms with Crippen molar-refractivity contribution in [3.05, 3.63) is 35.4 Å². The molecule has 0 spiro atoms. The average Bonchev–Trinajstić information content (AvgIpc) is 2.36. The van der Waals surface area contributed by atoms with Crippen LogP contribution >= 0.6 is 0 Å². The maximum absolute atomic E-state index is 11.8. The number of hydrogen-bond donors (Lipinski definition) is 0. The van der Waals surface area contributed by atoms with Gasteiger partial charge in [0.25, 0.3) is 0 Å². The lowest BCUT2D eigenvalue weighted by Crippen LogP contribution is -2.30. The summed E-state index contributed by atoms with van der Waals surface area (Å²) in [5.41, 5.74) is 2.46. The number of likely N-dealkylation sites (N-methyl/N-ethyl adjacent to an activating group) is 1. The SMILES string of the molecule is CCc1ccc(CN(C)C(=O)COC(C)C)cc1. The number of aryl methyl sites for hydroxylation is 1. The van der Waals surface area contributed by atoms with Crippen molar-refractivity contribution in [2.24, 2.45) is 0 Å². The van der Waals surface area contributed by atoms with Crippen LogP contribution in [-0.4, -0.2) is 30.6 Å². The van der Waals surface area contributed by atoms with E-state index in [1.807, 2.05) is 13.8 Å². The highest BCUT2D eigenvalue weighted by molar-refractivity contribution is 5.77. The van der Waals surface area contributed by atoms with E-state index in [1.165, 1.54) is 5.56 Å². The van der Waals surface area contributed by atoms with E-state index < -0.39 is 0 Å². The van der Waals surface area contributed by atoms with E-state index in [2.05, 4.69) is 31.2 Å². The molecule has 3 nitrogen and oxygen atoms in total. The summed E-state index contributed by atoms with van der Waals surface area (Å²) >= 11 is 0. The fourth-order valence-electron chi connectivity index (χ4n) is 1.59. The molecule has 0 aliphatic carbocycles. The Morgan fingerprint density at radius 3 is 2.28 bits per heavy atom. The van der Waals surface area contributed by atoms with Crippen LogP contribution in [0.25, 0.3) is 0 Å². The second-order valence-corrected chi connectivity index (χ2v) is 4.78.